The summed E-state index contributed by atoms with van der Waals surface area (Å²) in [5, 5.41) is 15.3. The van der Waals surface area contributed by atoms with Crippen LogP contribution in [-0.4, -0.2) is 14.9 Å². The van der Waals surface area contributed by atoms with Crippen molar-refractivity contribution < 1.29 is 9.50 Å². The predicted octanol–water partition coefficient (Wildman–Crippen LogP) is 4.88. The Labute approximate surface area is 159 Å². The Morgan fingerprint density at radius 1 is 1.19 bits per heavy atom. The summed E-state index contributed by atoms with van der Waals surface area (Å²) < 4.78 is 15.2. The van der Waals surface area contributed by atoms with Crippen LogP contribution in [0.3, 0.4) is 0 Å². The maximum atomic E-state index is 13.2. The summed E-state index contributed by atoms with van der Waals surface area (Å²) in [6.07, 6.45) is 3.96. The molecule has 0 aliphatic heterocycles. The third-order valence-electron chi connectivity index (χ3n) is 6.15. The van der Waals surface area contributed by atoms with Crippen molar-refractivity contribution in [2.45, 2.75) is 39.2 Å². The van der Waals surface area contributed by atoms with Crippen molar-refractivity contribution in [3.05, 3.63) is 83.4 Å². The van der Waals surface area contributed by atoms with Crippen molar-refractivity contribution >= 4 is 0 Å². The van der Waals surface area contributed by atoms with E-state index in [9.17, 15) is 9.50 Å². The fourth-order valence-corrected chi connectivity index (χ4v) is 4.23. The highest BCUT2D eigenvalue weighted by Gasteiger charge is 2.39. The van der Waals surface area contributed by atoms with Crippen LogP contribution in [-0.2, 0) is 12.8 Å². The molecule has 0 radical (unpaired) electrons. The fraction of sp³-hybridized carbons (Fsp3) is 0.348. The van der Waals surface area contributed by atoms with Gasteiger partial charge in [0.25, 0.3) is 0 Å². The van der Waals surface area contributed by atoms with Crippen LogP contribution in [0.25, 0.3) is 5.69 Å². The van der Waals surface area contributed by atoms with E-state index in [2.05, 4.69) is 18.9 Å². The zero-order valence-corrected chi connectivity index (χ0v) is 15.8. The van der Waals surface area contributed by atoms with Crippen LogP contribution in [0.15, 0.2) is 60.8 Å². The van der Waals surface area contributed by atoms with Gasteiger partial charge in [0, 0.05) is 5.69 Å². The number of hydrogen-bond donors (Lipinski definition) is 1. The van der Waals surface area contributed by atoms with E-state index in [0.717, 1.165) is 30.5 Å². The maximum Gasteiger partial charge on any atom is 0.123 e. The number of nitrogens with zero attached hydrogens (tertiary/aromatic N) is 2. The first kappa shape index (κ1) is 17.9. The summed E-state index contributed by atoms with van der Waals surface area (Å²) in [6, 6.07) is 16.3. The summed E-state index contributed by atoms with van der Waals surface area (Å²) in [5.41, 5.74) is 4.27. The summed E-state index contributed by atoms with van der Waals surface area (Å²) in [4.78, 5) is 0. The van der Waals surface area contributed by atoms with Crippen LogP contribution in [0.4, 0.5) is 4.39 Å². The second kappa shape index (κ2) is 6.93. The number of aliphatic hydroxyl groups excluding tert-OH is 1. The van der Waals surface area contributed by atoms with Crippen LogP contribution < -0.4 is 0 Å². The van der Waals surface area contributed by atoms with E-state index in [0.29, 0.717) is 5.92 Å². The van der Waals surface area contributed by atoms with Crippen LogP contribution in [0.5, 0.6) is 0 Å². The molecule has 3 nitrogen and oxygen atoms in total. The highest BCUT2D eigenvalue weighted by Crippen LogP contribution is 2.45. The molecule has 1 aromatic heterocycles. The Kier molecular flexibility index (Phi) is 4.60. The average Bonchev–Trinajstić information content (AvgIpc) is 3.05. The summed E-state index contributed by atoms with van der Waals surface area (Å²) in [6.45, 7) is 4.52. The van der Waals surface area contributed by atoms with Gasteiger partial charge >= 0.3 is 0 Å². The van der Waals surface area contributed by atoms with Crippen LogP contribution in [0, 0.1) is 17.2 Å². The molecule has 0 amide bonds. The van der Waals surface area contributed by atoms with E-state index < -0.39 is 6.10 Å². The summed E-state index contributed by atoms with van der Waals surface area (Å²) in [7, 11) is 0. The number of hydrogen-bond acceptors (Lipinski definition) is 2. The normalized spacial score (nSPS) is 23.0. The lowest BCUT2D eigenvalue weighted by molar-refractivity contribution is 0.0652. The number of aromatic nitrogens is 2. The van der Waals surface area contributed by atoms with Gasteiger partial charge in [0.05, 0.1) is 18.0 Å². The van der Waals surface area contributed by atoms with Gasteiger partial charge in [-0.15, -0.1) is 0 Å². The topological polar surface area (TPSA) is 38.0 Å². The molecule has 0 saturated heterocycles. The van der Waals surface area contributed by atoms with Gasteiger partial charge in [-0.2, -0.15) is 5.10 Å². The second-order valence-corrected chi connectivity index (χ2v) is 8.07. The van der Waals surface area contributed by atoms with Gasteiger partial charge in [-0.05, 0) is 66.0 Å². The van der Waals surface area contributed by atoms with Gasteiger partial charge in [-0.25, -0.2) is 9.07 Å². The fourth-order valence-electron chi connectivity index (χ4n) is 4.23. The number of halogens is 1. The van der Waals surface area contributed by atoms with Crippen molar-refractivity contribution in [2.24, 2.45) is 11.3 Å². The SMILES string of the molecule is CC1Cc2c(cnn2-c2ccc(F)cc2)C[C@@]1(C)CC(O)c1ccccc1. The Morgan fingerprint density at radius 3 is 2.59 bits per heavy atom. The zero-order chi connectivity index (χ0) is 19.0. The molecular weight excluding hydrogens is 339 g/mol. The third-order valence-corrected chi connectivity index (χ3v) is 6.15. The molecule has 2 unspecified atom stereocenters. The first-order valence-electron chi connectivity index (χ1n) is 9.51. The van der Waals surface area contributed by atoms with Gasteiger partial charge in [0.2, 0.25) is 0 Å². The van der Waals surface area contributed by atoms with Gasteiger partial charge in [0.1, 0.15) is 5.82 Å². The van der Waals surface area contributed by atoms with E-state index >= 15 is 0 Å². The van der Waals surface area contributed by atoms with E-state index in [4.69, 9.17) is 0 Å². The summed E-state index contributed by atoms with van der Waals surface area (Å²) in [5.74, 6) is 0.162. The lowest BCUT2D eigenvalue weighted by Crippen LogP contribution is -2.35. The minimum atomic E-state index is -0.465. The van der Waals surface area contributed by atoms with Crippen molar-refractivity contribution in [1.29, 1.82) is 0 Å². The minimum absolute atomic E-state index is 0.00107. The Hall–Kier alpha value is -2.46. The van der Waals surface area contributed by atoms with Crippen LogP contribution >= 0.6 is 0 Å². The average molecular weight is 364 g/mol. The van der Waals surface area contributed by atoms with E-state index in [1.165, 1.54) is 23.4 Å². The molecule has 1 aliphatic carbocycles. The monoisotopic (exact) mass is 364 g/mol. The first-order valence-corrected chi connectivity index (χ1v) is 9.51. The van der Waals surface area contributed by atoms with Crippen molar-refractivity contribution in [3.63, 3.8) is 0 Å². The zero-order valence-electron chi connectivity index (χ0n) is 15.8. The van der Waals surface area contributed by atoms with Gasteiger partial charge in [0.15, 0.2) is 0 Å². The van der Waals surface area contributed by atoms with E-state index in [1.807, 2.05) is 41.2 Å². The molecule has 27 heavy (non-hydrogen) atoms. The molecule has 1 N–H and O–H groups in total. The second-order valence-electron chi connectivity index (χ2n) is 8.07. The number of benzene rings is 2. The largest absolute Gasteiger partial charge is 0.388 e. The summed E-state index contributed by atoms with van der Waals surface area (Å²) >= 11 is 0. The Morgan fingerprint density at radius 2 is 1.89 bits per heavy atom. The van der Waals surface area contributed by atoms with Crippen molar-refractivity contribution in [1.82, 2.24) is 9.78 Å². The maximum absolute atomic E-state index is 13.2. The van der Waals surface area contributed by atoms with Gasteiger partial charge in [-0.1, -0.05) is 44.2 Å². The number of aliphatic hydroxyl groups is 1. The molecule has 0 saturated carbocycles. The van der Waals surface area contributed by atoms with Crippen LogP contribution in [0.2, 0.25) is 0 Å². The number of rotatable bonds is 4. The molecule has 0 bridgehead atoms. The molecule has 140 valence electrons. The standard InChI is InChI=1S/C23H25FN2O/c1-16-12-21-18(15-25-26(21)20-10-8-19(24)9-11-20)13-23(16,2)14-22(27)17-6-4-3-5-7-17/h3-11,15-16,22,27H,12-14H2,1-2H3/t16?,22?,23-/m0/s1. The van der Waals surface area contributed by atoms with E-state index in [-0.39, 0.29) is 11.2 Å². The molecular formula is C23H25FN2O. The molecule has 2 aromatic carbocycles. The first-order chi connectivity index (χ1) is 13.0. The van der Waals surface area contributed by atoms with Crippen LogP contribution in [0.1, 0.15) is 43.2 Å². The molecule has 1 aliphatic rings. The number of fused-ring (bicyclic) bond motifs is 1. The third kappa shape index (κ3) is 3.42. The molecule has 1 heterocycles. The minimum Gasteiger partial charge on any atom is -0.388 e. The lowest BCUT2D eigenvalue weighted by atomic mass is 9.64. The van der Waals surface area contributed by atoms with Gasteiger partial charge < -0.3 is 5.11 Å². The van der Waals surface area contributed by atoms with Gasteiger partial charge in [-0.3, -0.25) is 0 Å². The van der Waals surface area contributed by atoms with Crippen molar-refractivity contribution in [2.75, 3.05) is 0 Å². The molecule has 3 aromatic rings. The Bertz CT molecular complexity index is 919. The molecule has 0 fully saturated rings. The van der Waals surface area contributed by atoms with E-state index in [1.54, 1.807) is 12.1 Å². The molecule has 0 spiro atoms. The van der Waals surface area contributed by atoms with Crippen molar-refractivity contribution in [3.8, 4) is 5.69 Å². The smallest absolute Gasteiger partial charge is 0.123 e. The molecule has 4 rings (SSSR count). The highest BCUT2D eigenvalue weighted by molar-refractivity contribution is 5.37. The quantitative estimate of drug-likeness (QED) is 0.717. The predicted molar refractivity (Wildman–Crippen MR) is 104 cm³/mol. The Balaban J connectivity index is 1.59. The lowest BCUT2D eigenvalue weighted by Gasteiger charge is -2.41. The highest BCUT2D eigenvalue weighted by atomic mass is 19.1. The molecule has 4 heteroatoms. The molecule has 3 atom stereocenters.